The van der Waals surface area contributed by atoms with Crippen LogP contribution in [0.4, 0.5) is 17.2 Å². The van der Waals surface area contributed by atoms with Gasteiger partial charge in [0, 0.05) is 43.0 Å². The molecule has 4 rings (SSSR count). The van der Waals surface area contributed by atoms with Gasteiger partial charge in [-0.2, -0.15) is 0 Å². The number of hydrogen-bond donors (Lipinski definition) is 3. The molecule has 1 aliphatic heterocycles. The third kappa shape index (κ3) is 3.82. The number of rotatable bonds is 5. The molecule has 2 aromatic rings. The van der Waals surface area contributed by atoms with Crippen molar-refractivity contribution in [3.8, 4) is 0 Å². The van der Waals surface area contributed by atoms with Gasteiger partial charge in [-0.25, -0.2) is 9.97 Å². The van der Waals surface area contributed by atoms with Gasteiger partial charge >= 0.3 is 0 Å². The predicted octanol–water partition coefficient (Wildman–Crippen LogP) is 1.83. The molecule has 1 aromatic heterocycles. The Kier molecular flexibility index (Phi) is 4.95. The highest BCUT2D eigenvalue weighted by Gasteiger charge is 2.31. The van der Waals surface area contributed by atoms with Gasteiger partial charge in [-0.05, 0) is 43.9 Å². The van der Waals surface area contributed by atoms with Gasteiger partial charge in [-0.3, -0.25) is 9.59 Å². The van der Waals surface area contributed by atoms with Crippen LogP contribution in [0.1, 0.15) is 46.5 Å². The lowest BCUT2D eigenvalue weighted by Gasteiger charge is -2.34. The molecular formula is C20H24N6O2. The molecule has 1 atom stereocenters. The van der Waals surface area contributed by atoms with Gasteiger partial charge in [0.15, 0.2) is 17.3 Å². The molecule has 1 amide bonds. The van der Waals surface area contributed by atoms with E-state index in [1.165, 1.54) is 12.4 Å². The minimum atomic E-state index is -0.454. The SMILES string of the molecule is Nc1nccnc1C(=O)Nc1cc(C(=O)C2CC2)ccc1N1CCCC(N)C1. The van der Waals surface area contributed by atoms with Crippen molar-refractivity contribution < 1.29 is 9.59 Å². The maximum atomic E-state index is 12.7. The van der Waals surface area contributed by atoms with E-state index in [1.54, 1.807) is 6.07 Å². The molecule has 2 aliphatic rings. The van der Waals surface area contributed by atoms with E-state index < -0.39 is 5.91 Å². The van der Waals surface area contributed by atoms with Crippen molar-refractivity contribution in [2.45, 2.75) is 31.7 Å². The Morgan fingerprint density at radius 1 is 1.14 bits per heavy atom. The highest BCUT2D eigenvalue weighted by Crippen LogP contribution is 2.36. The number of ketones is 1. The van der Waals surface area contributed by atoms with E-state index in [0.29, 0.717) is 17.8 Å². The summed E-state index contributed by atoms with van der Waals surface area (Å²) in [4.78, 5) is 35.3. The molecule has 5 N–H and O–H groups in total. The van der Waals surface area contributed by atoms with E-state index in [2.05, 4.69) is 20.2 Å². The number of aromatic nitrogens is 2. The Morgan fingerprint density at radius 2 is 1.93 bits per heavy atom. The lowest BCUT2D eigenvalue weighted by Crippen LogP contribution is -2.43. The molecule has 28 heavy (non-hydrogen) atoms. The summed E-state index contributed by atoms with van der Waals surface area (Å²) in [6.07, 6.45) is 6.67. The summed E-state index contributed by atoms with van der Waals surface area (Å²) >= 11 is 0. The number of nitrogens with zero attached hydrogens (tertiary/aromatic N) is 3. The molecule has 2 heterocycles. The van der Waals surface area contributed by atoms with Crippen LogP contribution in [0, 0.1) is 5.92 Å². The first-order valence-electron chi connectivity index (χ1n) is 9.59. The number of nitrogens with two attached hydrogens (primary N) is 2. The zero-order valence-electron chi connectivity index (χ0n) is 15.6. The molecule has 0 radical (unpaired) electrons. The van der Waals surface area contributed by atoms with E-state index in [-0.39, 0.29) is 29.3 Å². The van der Waals surface area contributed by atoms with Crippen molar-refractivity contribution in [2.24, 2.45) is 11.7 Å². The van der Waals surface area contributed by atoms with Crippen LogP contribution in [-0.4, -0.2) is 40.8 Å². The predicted molar refractivity (Wildman–Crippen MR) is 107 cm³/mol. The zero-order valence-corrected chi connectivity index (χ0v) is 15.6. The number of nitrogens with one attached hydrogen (secondary N) is 1. The fourth-order valence-electron chi connectivity index (χ4n) is 3.58. The van der Waals surface area contributed by atoms with Gasteiger partial charge < -0.3 is 21.7 Å². The second-order valence-electron chi connectivity index (χ2n) is 7.46. The first kappa shape index (κ1) is 18.4. The smallest absolute Gasteiger partial charge is 0.278 e. The second-order valence-corrected chi connectivity index (χ2v) is 7.46. The number of piperidine rings is 1. The third-order valence-corrected chi connectivity index (χ3v) is 5.22. The Bertz CT molecular complexity index is 911. The molecule has 1 aromatic carbocycles. The Labute approximate surface area is 163 Å². The normalized spacial score (nSPS) is 19.3. The maximum absolute atomic E-state index is 12.7. The van der Waals surface area contributed by atoms with E-state index in [9.17, 15) is 9.59 Å². The number of carbonyl (C=O) groups excluding carboxylic acids is 2. The number of Topliss-reactive ketones (excluding diaryl/α,β-unsaturated/α-hetero) is 1. The second kappa shape index (κ2) is 7.55. The molecule has 2 fully saturated rings. The zero-order chi connectivity index (χ0) is 19.7. The average molecular weight is 380 g/mol. The Morgan fingerprint density at radius 3 is 2.64 bits per heavy atom. The summed E-state index contributed by atoms with van der Waals surface area (Å²) < 4.78 is 0. The summed E-state index contributed by atoms with van der Waals surface area (Å²) in [5.41, 5.74) is 14.0. The summed E-state index contributed by atoms with van der Waals surface area (Å²) in [5.74, 6) is -0.166. The van der Waals surface area contributed by atoms with E-state index in [1.807, 2.05) is 12.1 Å². The quantitative estimate of drug-likeness (QED) is 0.675. The van der Waals surface area contributed by atoms with Crippen molar-refractivity contribution in [1.82, 2.24) is 9.97 Å². The lowest BCUT2D eigenvalue weighted by molar-refractivity contribution is 0.0966. The van der Waals surface area contributed by atoms with Crippen LogP contribution in [0.5, 0.6) is 0 Å². The molecule has 146 valence electrons. The van der Waals surface area contributed by atoms with Crippen LogP contribution >= 0.6 is 0 Å². The summed E-state index contributed by atoms with van der Waals surface area (Å²) in [6, 6.07) is 5.56. The molecule has 1 aliphatic carbocycles. The van der Waals surface area contributed by atoms with Crippen molar-refractivity contribution in [3.05, 3.63) is 41.9 Å². The van der Waals surface area contributed by atoms with Crippen LogP contribution in [0.3, 0.4) is 0 Å². The lowest BCUT2D eigenvalue weighted by atomic mass is 10.0. The molecule has 1 unspecified atom stereocenters. The van der Waals surface area contributed by atoms with E-state index >= 15 is 0 Å². The number of benzene rings is 1. The van der Waals surface area contributed by atoms with Gasteiger partial charge in [-0.1, -0.05) is 0 Å². The van der Waals surface area contributed by atoms with Crippen molar-refractivity contribution >= 4 is 28.9 Å². The summed E-state index contributed by atoms with van der Waals surface area (Å²) in [5, 5.41) is 2.88. The van der Waals surface area contributed by atoms with Crippen LogP contribution in [-0.2, 0) is 0 Å². The number of hydrogen-bond acceptors (Lipinski definition) is 7. The summed E-state index contributed by atoms with van der Waals surface area (Å²) in [7, 11) is 0. The summed E-state index contributed by atoms with van der Waals surface area (Å²) in [6.45, 7) is 1.55. The third-order valence-electron chi connectivity index (χ3n) is 5.22. The fourth-order valence-corrected chi connectivity index (χ4v) is 3.58. The highest BCUT2D eigenvalue weighted by molar-refractivity contribution is 6.08. The average Bonchev–Trinajstić information content (AvgIpc) is 3.53. The number of nitrogen functional groups attached to an aromatic ring is 1. The van der Waals surface area contributed by atoms with Crippen LogP contribution in [0.25, 0.3) is 0 Å². The molecule has 0 bridgehead atoms. The van der Waals surface area contributed by atoms with Crippen molar-refractivity contribution in [2.75, 3.05) is 29.0 Å². The first-order chi connectivity index (χ1) is 13.5. The van der Waals surface area contributed by atoms with Crippen LogP contribution in [0.2, 0.25) is 0 Å². The van der Waals surface area contributed by atoms with E-state index in [0.717, 1.165) is 37.9 Å². The largest absolute Gasteiger partial charge is 0.382 e. The van der Waals surface area contributed by atoms with Gasteiger partial charge in [0.1, 0.15) is 0 Å². The molecular weight excluding hydrogens is 356 g/mol. The fraction of sp³-hybridized carbons (Fsp3) is 0.400. The molecule has 8 heteroatoms. The maximum Gasteiger partial charge on any atom is 0.278 e. The van der Waals surface area contributed by atoms with Gasteiger partial charge in [0.25, 0.3) is 5.91 Å². The monoisotopic (exact) mass is 380 g/mol. The minimum absolute atomic E-state index is 0.0581. The molecule has 1 saturated carbocycles. The highest BCUT2D eigenvalue weighted by atomic mass is 16.2. The van der Waals surface area contributed by atoms with E-state index in [4.69, 9.17) is 11.5 Å². The standard InChI is InChI=1S/C20H24N6O2/c21-14-2-1-9-26(11-14)16-6-5-13(18(27)12-3-4-12)10-15(16)25-20(28)17-19(22)24-8-7-23-17/h5-8,10,12,14H,1-4,9,11,21H2,(H2,22,24)(H,25,28). The Hall–Kier alpha value is -3.00. The van der Waals surface area contributed by atoms with Crippen molar-refractivity contribution in [1.29, 1.82) is 0 Å². The number of carbonyl (C=O) groups is 2. The number of amides is 1. The molecule has 8 nitrogen and oxygen atoms in total. The molecule has 1 saturated heterocycles. The van der Waals surface area contributed by atoms with Gasteiger partial charge in [0.05, 0.1) is 11.4 Å². The van der Waals surface area contributed by atoms with Gasteiger partial charge in [-0.15, -0.1) is 0 Å². The number of anilines is 3. The van der Waals surface area contributed by atoms with Crippen molar-refractivity contribution in [3.63, 3.8) is 0 Å². The topological polar surface area (TPSA) is 127 Å². The first-order valence-corrected chi connectivity index (χ1v) is 9.59. The van der Waals surface area contributed by atoms with Gasteiger partial charge in [0.2, 0.25) is 0 Å². The van der Waals surface area contributed by atoms with Crippen LogP contribution < -0.4 is 21.7 Å². The van der Waals surface area contributed by atoms with Crippen LogP contribution in [0.15, 0.2) is 30.6 Å². The Balaban J connectivity index is 1.67. The minimum Gasteiger partial charge on any atom is -0.382 e. The molecule has 0 spiro atoms.